The first kappa shape index (κ1) is 20.3. The molecule has 3 heterocycles. The van der Waals surface area contributed by atoms with Crippen LogP contribution in [0.2, 0.25) is 0 Å². The van der Waals surface area contributed by atoms with Crippen LogP contribution in [0, 0.1) is 17.8 Å². The van der Waals surface area contributed by atoms with Gasteiger partial charge in [0.25, 0.3) is 0 Å². The number of carbonyl (C=O) groups excluding carboxylic acids is 2. The Morgan fingerprint density at radius 1 is 1.17 bits per heavy atom. The van der Waals surface area contributed by atoms with Gasteiger partial charge in [0.05, 0.1) is 36.2 Å². The third-order valence-electron chi connectivity index (χ3n) is 6.52. The van der Waals surface area contributed by atoms with Gasteiger partial charge in [0, 0.05) is 4.88 Å². The van der Waals surface area contributed by atoms with Crippen molar-refractivity contribution in [2.24, 2.45) is 17.8 Å². The third kappa shape index (κ3) is 3.57. The molecule has 29 heavy (non-hydrogen) atoms. The molecule has 1 amide bonds. The molecule has 4 rings (SSSR count). The van der Waals surface area contributed by atoms with Crippen LogP contribution in [0.4, 0.5) is 5.00 Å². The van der Waals surface area contributed by atoms with E-state index in [1.165, 1.54) is 11.3 Å². The highest BCUT2D eigenvalue weighted by molar-refractivity contribution is 7.17. The van der Waals surface area contributed by atoms with Gasteiger partial charge < -0.3 is 19.9 Å². The summed E-state index contributed by atoms with van der Waals surface area (Å²) in [6, 6.07) is 0. The molecule has 7 nitrogen and oxygen atoms in total. The first-order chi connectivity index (χ1) is 13.9. The van der Waals surface area contributed by atoms with Crippen LogP contribution in [0.15, 0.2) is 0 Å². The first-order valence-electron chi connectivity index (χ1n) is 10.4. The number of rotatable bonds is 6. The monoisotopic (exact) mass is 421 g/mol. The van der Waals surface area contributed by atoms with Crippen LogP contribution in [-0.2, 0) is 31.9 Å². The molecule has 2 fully saturated rings. The number of aliphatic carboxylic acids is 1. The number of thiophene rings is 1. The van der Waals surface area contributed by atoms with E-state index >= 15 is 0 Å². The summed E-state index contributed by atoms with van der Waals surface area (Å²) in [7, 11) is 0. The van der Waals surface area contributed by atoms with Crippen molar-refractivity contribution < 1.29 is 29.0 Å². The summed E-state index contributed by atoms with van der Waals surface area (Å²) < 4.78 is 11.0. The fraction of sp³-hybridized carbons (Fsp3) is 0.667. The van der Waals surface area contributed by atoms with E-state index in [4.69, 9.17) is 9.47 Å². The lowest BCUT2D eigenvalue weighted by molar-refractivity contribution is -0.147. The van der Waals surface area contributed by atoms with E-state index in [1.54, 1.807) is 6.92 Å². The van der Waals surface area contributed by atoms with Crippen molar-refractivity contribution in [1.29, 1.82) is 0 Å². The maximum atomic E-state index is 13.1. The number of nitrogens with one attached hydrogen (secondary N) is 1. The van der Waals surface area contributed by atoms with Crippen molar-refractivity contribution >= 4 is 34.2 Å². The van der Waals surface area contributed by atoms with Gasteiger partial charge in [-0.25, -0.2) is 4.79 Å². The van der Waals surface area contributed by atoms with Gasteiger partial charge in [0.1, 0.15) is 5.00 Å². The van der Waals surface area contributed by atoms with Gasteiger partial charge in [-0.1, -0.05) is 13.3 Å². The fourth-order valence-corrected chi connectivity index (χ4v) is 6.38. The van der Waals surface area contributed by atoms with E-state index in [9.17, 15) is 19.5 Å². The number of hydrogen-bond donors (Lipinski definition) is 2. The summed E-state index contributed by atoms with van der Waals surface area (Å²) in [6.07, 6.45) is 4.38. The Hall–Kier alpha value is -1.93. The van der Waals surface area contributed by atoms with Crippen molar-refractivity contribution in [3.05, 3.63) is 16.0 Å². The smallest absolute Gasteiger partial charge is 0.341 e. The lowest BCUT2D eigenvalue weighted by Gasteiger charge is -2.23. The number of carboxylic acids is 1. The summed E-state index contributed by atoms with van der Waals surface area (Å²) in [5.74, 6) is -2.79. The summed E-state index contributed by atoms with van der Waals surface area (Å²) in [5, 5.41) is 13.0. The third-order valence-corrected chi connectivity index (χ3v) is 7.69. The molecule has 0 spiro atoms. The Morgan fingerprint density at radius 3 is 2.55 bits per heavy atom. The highest BCUT2D eigenvalue weighted by Gasteiger charge is 2.55. The Bertz CT molecular complexity index is 833. The topological polar surface area (TPSA) is 102 Å². The number of carboxylic acid groups (broad SMARTS) is 1. The molecule has 0 unspecified atom stereocenters. The van der Waals surface area contributed by atoms with E-state index in [0.29, 0.717) is 29.3 Å². The summed E-state index contributed by atoms with van der Waals surface area (Å²) in [5.41, 5.74) is 1.43. The van der Waals surface area contributed by atoms with Gasteiger partial charge in [0.15, 0.2) is 0 Å². The normalized spacial score (nSPS) is 30.1. The van der Waals surface area contributed by atoms with Crippen LogP contribution in [-0.4, -0.2) is 41.8 Å². The number of esters is 1. The molecule has 2 aliphatic heterocycles. The molecule has 2 N–H and O–H groups in total. The predicted octanol–water partition coefficient (Wildman–Crippen LogP) is 3.26. The molecule has 2 saturated heterocycles. The predicted molar refractivity (Wildman–Crippen MR) is 107 cm³/mol. The molecule has 1 aliphatic carbocycles. The second-order valence-corrected chi connectivity index (χ2v) is 9.22. The lowest BCUT2D eigenvalue weighted by Crippen LogP contribution is -2.41. The second kappa shape index (κ2) is 8.07. The van der Waals surface area contributed by atoms with E-state index in [2.05, 4.69) is 12.2 Å². The highest BCUT2D eigenvalue weighted by atomic mass is 32.1. The number of amides is 1. The van der Waals surface area contributed by atoms with Crippen LogP contribution in [0.5, 0.6) is 0 Å². The number of anilines is 1. The minimum atomic E-state index is -1.00. The van der Waals surface area contributed by atoms with Crippen LogP contribution in [0.25, 0.3) is 0 Å². The number of fused-ring (bicyclic) bond motifs is 3. The lowest BCUT2D eigenvalue weighted by atomic mass is 9.78. The van der Waals surface area contributed by atoms with Crippen LogP contribution < -0.4 is 5.32 Å². The first-order valence-corrected chi connectivity index (χ1v) is 11.3. The van der Waals surface area contributed by atoms with Crippen molar-refractivity contribution in [3.8, 4) is 0 Å². The van der Waals surface area contributed by atoms with Gasteiger partial charge in [0.2, 0.25) is 5.91 Å². The Kier molecular flexibility index (Phi) is 5.66. The fourth-order valence-electron chi connectivity index (χ4n) is 5.03. The van der Waals surface area contributed by atoms with E-state index in [-0.39, 0.29) is 18.6 Å². The minimum Gasteiger partial charge on any atom is -0.481 e. The van der Waals surface area contributed by atoms with E-state index < -0.39 is 29.9 Å². The number of carbonyl (C=O) groups is 3. The van der Waals surface area contributed by atoms with Crippen molar-refractivity contribution in [1.82, 2.24) is 0 Å². The SMILES string of the molecule is CCOC(=O)c1c(NC(=O)[C@H]2[C@H](C(=O)O)[C@H]3CC[C@H]2O3)sc2c1CC[C@@H](CC)C2. The molecular formula is C21H27NO6S. The van der Waals surface area contributed by atoms with Gasteiger partial charge in [-0.05, 0) is 50.5 Å². The zero-order valence-corrected chi connectivity index (χ0v) is 17.5. The number of hydrogen-bond acceptors (Lipinski definition) is 6. The molecular weight excluding hydrogens is 394 g/mol. The van der Waals surface area contributed by atoms with Crippen LogP contribution >= 0.6 is 11.3 Å². The average Bonchev–Trinajstić information content (AvgIpc) is 3.39. The van der Waals surface area contributed by atoms with Gasteiger partial charge in [-0.15, -0.1) is 11.3 Å². The van der Waals surface area contributed by atoms with Crippen molar-refractivity contribution in [2.45, 2.75) is 64.6 Å². The molecule has 2 bridgehead atoms. The Balaban J connectivity index is 1.62. The molecule has 1 aromatic heterocycles. The van der Waals surface area contributed by atoms with Crippen molar-refractivity contribution in [3.63, 3.8) is 0 Å². The second-order valence-electron chi connectivity index (χ2n) is 8.11. The van der Waals surface area contributed by atoms with Crippen LogP contribution in [0.3, 0.4) is 0 Å². The van der Waals surface area contributed by atoms with Gasteiger partial charge in [-0.2, -0.15) is 0 Å². The summed E-state index contributed by atoms with van der Waals surface area (Å²) in [6.45, 7) is 4.18. The highest BCUT2D eigenvalue weighted by Crippen LogP contribution is 2.45. The molecule has 0 saturated carbocycles. The Labute approximate surface area is 173 Å². The molecule has 158 valence electrons. The summed E-state index contributed by atoms with van der Waals surface area (Å²) >= 11 is 1.43. The molecule has 1 aromatic rings. The molecule has 0 aromatic carbocycles. The molecule has 0 radical (unpaired) electrons. The molecule has 3 aliphatic rings. The van der Waals surface area contributed by atoms with E-state index in [1.807, 2.05) is 0 Å². The van der Waals surface area contributed by atoms with Gasteiger partial charge in [-0.3, -0.25) is 9.59 Å². The standard InChI is InChI=1S/C21H27NO6S/c1-3-10-5-6-11-14(9-10)29-19(15(11)21(26)27-4-2)22-18(23)16-12-7-8-13(28-12)17(16)20(24)25/h10,12-13,16-17H,3-9H2,1-2H3,(H,22,23)(H,24,25)/t10-,12-,13-,16-,17-/m1/s1. The quantitative estimate of drug-likeness (QED) is 0.684. The Morgan fingerprint density at radius 2 is 1.90 bits per heavy atom. The summed E-state index contributed by atoms with van der Waals surface area (Å²) in [4.78, 5) is 38.6. The van der Waals surface area contributed by atoms with Gasteiger partial charge >= 0.3 is 11.9 Å². The largest absolute Gasteiger partial charge is 0.481 e. The minimum absolute atomic E-state index is 0.260. The zero-order chi connectivity index (χ0) is 20.7. The van der Waals surface area contributed by atoms with Crippen LogP contribution in [0.1, 0.15) is 60.3 Å². The maximum absolute atomic E-state index is 13.1. The van der Waals surface area contributed by atoms with Crippen molar-refractivity contribution in [2.75, 3.05) is 11.9 Å². The zero-order valence-electron chi connectivity index (χ0n) is 16.7. The molecule has 5 atom stereocenters. The van der Waals surface area contributed by atoms with E-state index in [0.717, 1.165) is 36.1 Å². The maximum Gasteiger partial charge on any atom is 0.341 e. The molecule has 8 heteroatoms. The average molecular weight is 422 g/mol. The number of ether oxygens (including phenoxy) is 2.